The SMILES string of the molecule is CCn1c(C(=O)OC)c(C(=O)OC)c2ccc(C3=CCN(C(=O)OC(C)(C)C)CC3)cc21. The van der Waals surface area contributed by atoms with Gasteiger partial charge in [-0.15, -0.1) is 0 Å². The Balaban J connectivity index is 1.99. The first-order valence-corrected chi connectivity index (χ1v) is 10.6. The van der Waals surface area contributed by atoms with E-state index in [2.05, 4.69) is 0 Å². The Hall–Kier alpha value is -3.29. The third-order valence-electron chi connectivity index (χ3n) is 5.38. The highest BCUT2D eigenvalue weighted by molar-refractivity contribution is 6.13. The topological polar surface area (TPSA) is 87.1 Å². The molecule has 2 heterocycles. The zero-order valence-electron chi connectivity index (χ0n) is 19.5. The molecule has 1 aromatic heterocycles. The van der Waals surface area contributed by atoms with E-state index in [1.165, 1.54) is 14.2 Å². The number of methoxy groups -OCH3 is 2. The van der Waals surface area contributed by atoms with Crippen molar-refractivity contribution in [1.29, 1.82) is 0 Å². The average molecular weight is 443 g/mol. The first-order chi connectivity index (χ1) is 15.1. The Bertz CT molecular complexity index is 1090. The summed E-state index contributed by atoms with van der Waals surface area (Å²) in [6.07, 6.45) is 2.36. The summed E-state index contributed by atoms with van der Waals surface area (Å²) in [6, 6.07) is 5.72. The number of aryl methyl sites for hydroxylation is 1. The molecular weight excluding hydrogens is 412 g/mol. The number of esters is 2. The molecule has 1 aromatic carbocycles. The third kappa shape index (κ3) is 4.49. The summed E-state index contributed by atoms with van der Waals surface area (Å²) in [5, 5.41) is 0.634. The van der Waals surface area contributed by atoms with Crippen molar-refractivity contribution in [2.24, 2.45) is 0 Å². The van der Waals surface area contributed by atoms with Crippen LogP contribution in [0.3, 0.4) is 0 Å². The molecule has 0 aliphatic carbocycles. The molecule has 8 nitrogen and oxygen atoms in total. The normalized spacial score (nSPS) is 14.2. The summed E-state index contributed by atoms with van der Waals surface area (Å²) in [7, 11) is 2.58. The standard InChI is InChI=1S/C24H30N2O6/c1-7-26-18-14-16(15-10-12-25(13-11-15)23(29)32-24(2,3)4)8-9-17(18)19(21(27)30-5)20(26)22(28)31-6/h8-10,14H,7,11-13H2,1-6H3. The van der Waals surface area contributed by atoms with Crippen molar-refractivity contribution in [2.75, 3.05) is 27.3 Å². The predicted molar refractivity (Wildman–Crippen MR) is 121 cm³/mol. The Morgan fingerprint density at radius 1 is 1.06 bits per heavy atom. The van der Waals surface area contributed by atoms with Gasteiger partial charge in [-0.3, -0.25) is 0 Å². The first-order valence-electron chi connectivity index (χ1n) is 10.6. The van der Waals surface area contributed by atoms with Crippen LogP contribution in [-0.2, 0) is 20.8 Å². The number of fused-ring (bicyclic) bond motifs is 1. The molecule has 0 atom stereocenters. The van der Waals surface area contributed by atoms with Crippen molar-refractivity contribution in [2.45, 2.75) is 46.3 Å². The van der Waals surface area contributed by atoms with Gasteiger partial charge in [0.25, 0.3) is 0 Å². The van der Waals surface area contributed by atoms with E-state index in [4.69, 9.17) is 14.2 Å². The number of aromatic nitrogens is 1. The van der Waals surface area contributed by atoms with Gasteiger partial charge >= 0.3 is 18.0 Å². The zero-order chi connectivity index (χ0) is 23.6. The molecule has 32 heavy (non-hydrogen) atoms. The molecule has 8 heteroatoms. The molecule has 0 unspecified atom stereocenters. The summed E-state index contributed by atoms with van der Waals surface area (Å²) < 4.78 is 17.1. The quantitative estimate of drug-likeness (QED) is 0.519. The first kappa shape index (κ1) is 23.4. The Labute approximate surface area is 187 Å². The zero-order valence-corrected chi connectivity index (χ0v) is 19.5. The highest BCUT2D eigenvalue weighted by Crippen LogP contribution is 2.32. The van der Waals surface area contributed by atoms with Crippen molar-refractivity contribution >= 4 is 34.5 Å². The van der Waals surface area contributed by atoms with Gasteiger partial charge < -0.3 is 23.7 Å². The molecule has 3 rings (SSSR count). The maximum Gasteiger partial charge on any atom is 0.410 e. The lowest BCUT2D eigenvalue weighted by Gasteiger charge is -2.29. The Morgan fingerprint density at radius 3 is 2.28 bits per heavy atom. The molecule has 172 valence electrons. The fourth-order valence-electron chi connectivity index (χ4n) is 3.92. The number of carbonyl (C=O) groups excluding carboxylic acids is 3. The van der Waals surface area contributed by atoms with Gasteiger partial charge in [-0.2, -0.15) is 0 Å². The second kappa shape index (κ2) is 9.06. The van der Waals surface area contributed by atoms with E-state index in [0.717, 1.165) is 16.7 Å². The molecule has 0 fully saturated rings. The lowest BCUT2D eigenvalue weighted by molar-refractivity contribution is 0.0270. The van der Waals surface area contributed by atoms with Crippen LogP contribution in [0.4, 0.5) is 4.79 Å². The molecule has 0 N–H and O–H groups in total. The lowest BCUT2D eigenvalue weighted by Crippen LogP contribution is -2.39. The van der Waals surface area contributed by atoms with Crippen molar-refractivity contribution in [1.82, 2.24) is 9.47 Å². The van der Waals surface area contributed by atoms with Gasteiger partial charge in [-0.1, -0.05) is 18.2 Å². The van der Waals surface area contributed by atoms with Gasteiger partial charge in [-0.25, -0.2) is 14.4 Å². The number of nitrogens with zero attached hydrogens (tertiary/aromatic N) is 2. The fourth-order valence-corrected chi connectivity index (χ4v) is 3.92. The van der Waals surface area contributed by atoms with Gasteiger partial charge in [0.15, 0.2) is 0 Å². The minimum absolute atomic E-state index is 0.183. The molecule has 0 saturated carbocycles. The predicted octanol–water partition coefficient (Wildman–Crippen LogP) is 4.26. The molecular formula is C24H30N2O6. The molecule has 1 amide bonds. The van der Waals surface area contributed by atoms with Crippen LogP contribution in [0.15, 0.2) is 24.3 Å². The summed E-state index contributed by atoms with van der Waals surface area (Å²) in [6.45, 7) is 8.93. The van der Waals surface area contributed by atoms with E-state index in [1.54, 1.807) is 9.47 Å². The summed E-state index contributed by atoms with van der Waals surface area (Å²) >= 11 is 0. The summed E-state index contributed by atoms with van der Waals surface area (Å²) in [5.41, 5.74) is 2.67. The minimum Gasteiger partial charge on any atom is -0.465 e. The second-order valence-corrected chi connectivity index (χ2v) is 8.59. The van der Waals surface area contributed by atoms with Gasteiger partial charge in [0.05, 0.1) is 19.7 Å². The van der Waals surface area contributed by atoms with Crippen molar-refractivity contribution < 1.29 is 28.6 Å². The number of amides is 1. The van der Waals surface area contributed by atoms with Crippen LogP contribution in [-0.4, -0.2) is 60.4 Å². The lowest BCUT2D eigenvalue weighted by atomic mass is 9.98. The number of hydrogen-bond donors (Lipinski definition) is 0. The van der Waals surface area contributed by atoms with Gasteiger partial charge in [0, 0.05) is 25.0 Å². The van der Waals surface area contributed by atoms with Crippen LogP contribution in [0.25, 0.3) is 16.5 Å². The second-order valence-electron chi connectivity index (χ2n) is 8.59. The number of hydrogen-bond acceptors (Lipinski definition) is 6. The molecule has 0 bridgehead atoms. The number of benzene rings is 1. The monoisotopic (exact) mass is 442 g/mol. The van der Waals surface area contributed by atoms with Crippen molar-refractivity contribution in [3.63, 3.8) is 0 Å². The number of ether oxygens (including phenoxy) is 3. The maximum atomic E-state index is 12.5. The van der Waals surface area contributed by atoms with Crippen LogP contribution >= 0.6 is 0 Å². The van der Waals surface area contributed by atoms with Gasteiger partial charge in [0.1, 0.15) is 16.9 Å². The van der Waals surface area contributed by atoms with Gasteiger partial charge in [-0.05, 0) is 51.3 Å². The van der Waals surface area contributed by atoms with Crippen molar-refractivity contribution in [3.05, 3.63) is 41.1 Å². The van der Waals surface area contributed by atoms with Crippen LogP contribution < -0.4 is 0 Å². The summed E-state index contributed by atoms with van der Waals surface area (Å²) in [4.78, 5) is 39.0. The smallest absolute Gasteiger partial charge is 0.410 e. The Kier molecular flexibility index (Phi) is 6.62. The van der Waals surface area contributed by atoms with Crippen molar-refractivity contribution in [3.8, 4) is 0 Å². The largest absolute Gasteiger partial charge is 0.465 e. The highest BCUT2D eigenvalue weighted by atomic mass is 16.6. The molecule has 1 aliphatic heterocycles. The summed E-state index contributed by atoms with van der Waals surface area (Å²) in [5.74, 6) is -1.17. The number of rotatable bonds is 4. The average Bonchev–Trinajstić information content (AvgIpc) is 3.10. The highest BCUT2D eigenvalue weighted by Gasteiger charge is 2.29. The van der Waals surface area contributed by atoms with E-state index in [1.807, 2.05) is 52.0 Å². The molecule has 0 radical (unpaired) electrons. The maximum absolute atomic E-state index is 12.5. The molecule has 2 aromatic rings. The number of carbonyl (C=O) groups is 3. The van der Waals surface area contributed by atoms with E-state index >= 15 is 0 Å². The molecule has 0 spiro atoms. The fraction of sp³-hybridized carbons (Fsp3) is 0.458. The third-order valence-corrected chi connectivity index (χ3v) is 5.38. The molecule has 0 saturated heterocycles. The van der Waals surface area contributed by atoms with E-state index in [9.17, 15) is 14.4 Å². The van der Waals surface area contributed by atoms with Crippen LogP contribution in [0.5, 0.6) is 0 Å². The van der Waals surface area contributed by atoms with Crippen LogP contribution in [0.1, 0.15) is 60.5 Å². The molecule has 1 aliphatic rings. The van der Waals surface area contributed by atoms with Gasteiger partial charge in [0.2, 0.25) is 0 Å². The van der Waals surface area contributed by atoms with E-state index in [-0.39, 0.29) is 17.4 Å². The van der Waals surface area contributed by atoms with Crippen LogP contribution in [0.2, 0.25) is 0 Å². The minimum atomic E-state index is -0.588. The van der Waals surface area contributed by atoms with E-state index in [0.29, 0.717) is 31.4 Å². The van der Waals surface area contributed by atoms with E-state index < -0.39 is 17.5 Å². The van der Waals surface area contributed by atoms with Crippen LogP contribution in [0, 0.1) is 0 Å². The Morgan fingerprint density at radius 2 is 1.75 bits per heavy atom.